The molecule has 0 spiro atoms. The second-order valence-corrected chi connectivity index (χ2v) is 7.58. The summed E-state index contributed by atoms with van der Waals surface area (Å²) in [6.07, 6.45) is 6.06. The van der Waals surface area contributed by atoms with E-state index in [2.05, 4.69) is 39.4 Å². The van der Waals surface area contributed by atoms with E-state index in [9.17, 15) is 4.79 Å². The van der Waals surface area contributed by atoms with E-state index in [0.29, 0.717) is 11.0 Å². The van der Waals surface area contributed by atoms with E-state index in [1.165, 1.54) is 11.8 Å². The lowest BCUT2D eigenvalue weighted by molar-refractivity contribution is -0.115. The number of anilines is 1. The quantitative estimate of drug-likeness (QED) is 0.628. The average Bonchev–Trinajstić information content (AvgIpc) is 3.29. The number of carbonyl (C=O) groups is 1. The van der Waals surface area contributed by atoms with Gasteiger partial charge in [0.05, 0.1) is 17.5 Å². The molecule has 0 fully saturated rings. The predicted molar refractivity (Wildman–Crippen MR) is 105 cm³/mol. The van der Waals surface area contributed by atoms with Crippen molar-refractivity contribution in [3.05, 3.63) is 36.8 Å². The second-order valence-electron chi connectivity index (χ2n) is 6.27. The Hall–Kier alpha value is -2.68. The van der Waals surface area contributed by atoms with Gasteiger partial charge in [-0.15, -0.1) is 10.2 Å². The maximum atomic E-state index is 12.6. The van der Waals surface area contributed by atoms with Gasteiger partial charge in [-0.05, 0) is 32.4 Å². The van der Waals surface area contributed by atoms with Crippen LogP contribution in [-0.4, -0.2) is 40.7 Å². The molecule has 3 aromatic rings. The topological polar surface area (TPSA) is 90.5 Å². The molecule has 0 bridgehead atoms. The zero-order valence-electron chi connectivity index (χ0n) is 15.8. The summed E-state index contributed by atoms with van der Waals surface area (Å²) in [6.45, 7) is 6.01. The van der Waals surface area contributed by atoms with Crippen molar-refractivity contribution in [2.24, 2.45) is 7.05 Å². The minimum Gasteiger partial charge on any atom is -0.310 e. The van der Waals surface area contributed by atoms with Crippen molar-refractivity contribution >= 4 is 23.5 Å². The molecule has 9 heteroatoms. The molecule has 2 atom stereocenters. The molecule has 3 heterocycles. The molecule has 142 valence electrons. The van der Waals surface area contributed by atoms with Crippen molar-refractivity contribution in [2.75, 3.05) is 5.32 Å². The van der Waals surface area contributed by atoms with Crippen LogP contribution in [0.3, 0.4) is 0 Å². The fourth-order valence-corrected chi connectivity index (χ4v) is 3.36. The standard InChI is InChI=1S/C18H23N7OS/c1-5-12(2)25-15(8-11-20-25)21-17(26)13(3)27-18-23-22-16(24(18)4)14-6-9-19-10-7-14/h6-13H,5H2,1-4H3,(H,21,26)/t12-,13-/m0/s1. The number of amides is 1. The Balaban J connectivity index is 1.69. The van der Waals surface area contributed by atoms with Crippen molar-refractivity contribution in [2.45, 2.75) is 43.6 Å². The van der Waals surface area contributed by atoms with Crippen molar-refractivity contribution in [3.63, 3.8) is 0 Å². The molecule has 8 nitrogen and oxygen atoms in total. The van der Waals surface area contributed by atoms with E-state index in [1.807, 2.05) is 41.4 Å². The summed E-state index contributed by atoms with van der Waals surface area (Å²) in [5.41, 5.74) is 0.932. The van der Waals surface area contributed by atoms with E-state index in [0.717, 1.165) is 17.8 Å². The summed E-state index contributed by atoms with van der Waals surface area (Å²) < 4.78 is 3.71. The summed E-state index contributed by atoms with van der Waals surface area (Å²) in [7, 11) is 1.89. The number of hydrogen-bond acceptors (Lipinski definition) is 6. The van der Waals surface area contributed by atoms with Crippen LogP contribution in [0, 0.1) is 0 Å². The molecule has 0 radical (unpaired) electrons. The third kappa shape index (κ3) is 4.19. The van der Waals surface area contributed by atoms with Crippen LogP contribution < -0.4 is 5.32 Å². The average molecular weight is 385 g/mol. The second kappa shape index (κ2) is 8.34. The summed E-state index contributed by atoms with van der Waals surface area (Å²) in [6, 6.07) is 5.79. The van der Waals surface area contributed by atoms with Crippen LogP contribution in [0.1, 0.15) is 33.2 Å². The predicted octanol–water partition coefficient (Wildman–Crippen LogP) is 3.16. The first-order valence-corrected chi connectivity index (χ1v) is 9.70. The first-order valence-electron chi connectivity index (χ1n) is 8.82. The Bertz CT molecular complexity index is 906. The molecule has 1 N–H and O–H groups in total. The Kier molecular flexibility index (Phi) is 5.90. The van der Waals surface area contributed by atoms with Crippen LogP contribution in [0.2, 0.25) is 0 Å². The Morgan fingerprint density at radius 3 is 2.63 bits per heavy atom. The maximum Gasteiger partial charge on any atom is 0.238 e. The fourth-order valence-electron chi connectivity index (χ4n) is 2.55. The smallest absolute Gasteiger partial charge is 0.238 e. The zero-order chi connectivity index (χ0) is 19.4. The number of pyridine rings is 1. The van der Waals surface area contributed by atoms with Crippen LogP contribution in [0.4, 0.5) is 5.82 Å². The third-order valence-corrected chi connectivity index (χ3v) is 5.49. The Morgan fingerprint density at radius 1 is 1.19 bits per heavy atom. The first kappa shape index (κ1) is 19.1. The molecule has 0 aromatic carbocycles. The lowest BCUT2D eigenvalue weighted by Gasteiger charge is -2.16. The van der Waals surface area contributed by atoms with Gasteiger partial charge >= 0.3 is 0 Å². The number of carbonyl (C=O) groups excluding carboxylic acids is 1. The van der Waals surface area contributed by atoms with Gasteiger partial charge in [0.25, 0.3) is 0 Å². The number of hydrogen-bond donors (Lipinski definition) is 1. The highest BCUT2D eigenvalue weighted by Crippen LogP contribution is 2.26. The number of aromatic nitrogens is 6. The fraction of sp³-hybridized carbons (Fsp3) is 0.389. The molecular weight excluding hydrogens is 362 g/mol. The number of nitrogens with one attached hydrogen (secondary N) is 1. The van der Waals surface area contributed by atoms with Gasteiger partial charge in [-0.2, -0.15) is 5.10 Å². The summed E-state index contributed by atoms with van der Waals surface area (Å²) in [5, 5.41) is 16.1. The maximum absolute atomic E-state index is 12.6. The van der Waals surface area contributed by atoms with Gasteiger partial charge in [0.15, 0.2) is 11.0 Å². The van der Waals surface area contributed by atoms with Gasteiger partial charge < -0.3 is 9.88 Å². The van der Waals surface area contributed by atoms with E-state index >= 15 is 0 Å². The zero-order valence-corrected chi connectivity index (χ0v) is 16.6. The van der Waals surface area contributed by atoms with Crippen LogP contribution in [0.15, 0.2) is 41.9 Å². The van der Waals surface area contributed by atoms with E-state index in [1.54, 1.807) is 18.6 Å². The Labute approximate surface area is 162 Å². The largest absolute Gasteiger partial charge is 0.310 e. The van der Waals surface area contributed by atoms with Crippen molar-refractivity contribution in [1.29, 1.82) is 0 Å². The molecule has 0 saturated heterocycles. The molecule has 3 rings (SSSR count). The number of thioether (sulfide) groups is 1. The highest BCUT2D eigenvalue weighted by atomic mass is 32.2. The number of rotatable bonds is 7. The normalized spacial score (nSPS) is 13.3. The lowest BCUT2D eigenvalue weighted by atomic mass is 10.2. The van der Waals surface area contributed by atoms with Gasteiger partial charge in [0.1, 0.15) is 5.82 Å². The SMILES string of the molecule is CC[C@H](C)n1nccc1NC(=O)[C@H](C)Sc1nnc(-c2ccncc2)n1C. The van der Waals surface area contributed by atoms with Gasteiger partial charge in [0.2, 0.25) is 5.91 Å². The molecule has 0 aliphatic heterocycles. The van der Waals surface area contributed by atoms with Gasteiger partial charge in [-0.1, -0.05) is 18.7 Å². The van der Waals surface area contributed by atoms with Crippen LogP contribution >= 0.6 is 11.8 Å². The van der Waals surface area contributed by atoms with Gasteiger partial charge in [-0.25, -0.2) is 4.68 Å². The summed E-state index contributed by atoms with van der Waals surface area (Å²) >= 11 is 1.37. The summed E-state index contributed by atoms with van der Waals surface area (Å²) in [5.74, 6) is 1.35. The minimum atomic E-state index is -0.335. The van der Waals surface area contributed by atoms with E-state index in [-0.39, 0.29) is 17.2 Å². The minimum absolute atomic E-state index is 0.0986. The molecule has 0 saturated carbocycles. The Morgan fingerprint density at radius 2 is 1.93 bits per heavy atom. The monoisotopic (exact) mass is 385 g/mol. The lowest BCUT2D eigenvalue weighted by Crippen LogP contribution is -2.25. The van der Waals surface area contributed by atoms with E-state index in [4.69, 9.17) is 0 Å². The molecule has 0 aliphatic carbocycles. The highest BCUT2D eigenvalue weighted by Gasteiger charge is 2.21. The third-order valence-electron chi connectivity index (χ3n) is 4.35. The van der Waals surface area contributed by atoms with Gasteiger partial charge in [0, 0.05) is 31.1 Å². The molecule has 1 amide bonds. The van der Waals surface area contributed by atoms with Crippen LogP contribution in [0.25, 0.3) is 11.4 Å². The van der Waals surface area contributed by atoms with Crippen molar-refractivity contribution < 1.29 is 4.79 Å². The highest BCUT2D eigenvalue weighted by molar-refractivity contribution is 8.00. The summed E-state index contributed by atoms with van der Waals surface area (Å²) in [4.78, 5) is 16.6. The molecule has 3 aromatic heterocycles. The molecule has 0 unspecified atom stereocenters. The first-order chi connectivity index (χ1) is 13.0. The molecule has 27 heavy (non-hydrogen) atoms. The molecule has 0 aliphatic rings. The van der Waals surface area contributed by atoms with E-state index < -0.39 is 0 Å². The molecular formula is C18H23N7OS. The number of nitrogens with zero attached hydrogens (tertiary/aromatic N) is 6. The van der Waals surface area contributed by atoms with Crippen molar-refractivity contribution in [1.82, 2.24) is 29.5 Å². The van der Waals surface area contributed by atoms with Crippen LogP contribution in [-0.2, 0) is 11.8 Å². The van der Waals surface area contributed by atoms with Crippen molar-refractivity contribution in [3.8, 4) is 11.4 Å². The van der Waals surface area contributed by atoms with Gasteiger partial charge in [-0.3, -0.25) is 9.78 Å². The van der Waals surface area contributed by atoms with Crippen LogP contribution in [0.5, 0.6) is 0 Å².